The summed E-state index contributed by atoms with van der Waals surface area (Å²) in [5.41, 5.74) is -1.40. The van der Waals surface area contributed by atoms with E-state index in [4.69, 9.17) is 0 Å². The number of ketones is 1. The third-order valence-corrected chi connectivity index (χ3v) is 10.4. The van der Waals surface area contributed by atoms with Gasteiger partial charge in [-0.15, -0.1) is 0 Å². The minimum atomic E-state index is -3.58. The van der Waals surface area contributed by atoms with Crippen LogP contribution < -0.4 is 21.3 Å². The van der Waals surface area contributed by atoms with Crippen molar-refractivity contribution in [2.45, 2.75) is 105 Å². The number of Topliss-reactive ketones (excluding diaryl/α,β-unsaturated/α-hetero) is 1. The van der Waals surface area contributed by atoms with Crippen LogP contribution in [0.4, 0.5) is 4.79 Å². The highest BCUT2D eigenvalue weighted by molar-refractivity contribution is 7.89. The zero-order valence-electron chi connectivity index (χ0n) is 28.3. The van der Waals surface area contributed by atoms with Crippen molar-refractivity contribution in [1.29, 1.82) is 0 Å². The van der Waals surface area contributed by atoms with Crippen LogP contribution in [0.3, 0.4) is 0 Å². The number of sulfonamides is 1. The smallest absolute Gasteiger partial charge is 0.315 e. The number of hydrogen-bond donors (Lipinski definition) is 4. The molecule has 0 radical (unpaired) electrons. The second-order valence-electron chi connectivity index (χ2n) is 15.0. The predicted octanol–water partition coefficient (Wildman–Crippen LogP) is 1.23. The number of nitrogens with one attached hydrogen (secondary N) is 4. The molecule has 5 atom stereocenters. The maximum atomic E-state index is 14.1. The molecule has 13 nitrogen and oxygen atoms in total. The highest BCUT2D eigenvalue weighted by Crippen LogP contribution is 2.65. The number of likely N-dealkylation sites (tertiary alicyclic amines) is 1. The van der Waals surface area contributed by atoms with Gasteiger partial charge in [0.05, 0.1) is 11.8 Å². The third-order valence-electron chi connectivity index (χ3n) is 8.54. The van der Waals surface area contributed by atoms with Gasteiger partial charge in [-0.05, 0) is 49.9 Å². The number of unbranched alkanes of at least 4 members (excludes halogenated alkanes) is 1. The van der Waals surface area contributed by atoms with E-state index in [-0.39, 0.29) is 41.9 Å². The van der Waals surface area contributed by atoms with Gasteiger partial charge in [-0.25, -0.2) is 17.5 Å². The van der Waals surface area contributed by atoms with Gasteiger partial charge in [0.15, 0.2) is 0 Å². The van der Waals surface area contributed by atoms with Crippen LogP contribution in [-0.4, -0.2) is 104 Å². The van der Waals surface area contributed by atoms with Gasteiger partial charge in [0.1, 0.15) is 12.1 Å². The molecule has 2 aliphatic rings. The maximum absolute atomic E-state index is 14.1. The average Bonchev–Trinajstić information content (AvgIpc) is 3.20. The highest BCUT2D eigenvalue weighted by Gasteiger charge is 2.70. The Morgan fingerprint density at radius 3 is 2.09 bits per heavy atom. The molecule has 44 heavy (non-hydrogen) atoms. The molecular formula is C30H54N6O7S. The second-order valence-corrected chi connectivity index (χ2v) is 17.3. The number of carbonyl (C=O) groups is 5. The molecule has 0 spiro atoms. The van der Waals surface area contributed by atoms with Crippen molar-refractivity contribution in [2.75, 3.05) is 32.9 Å². The second kappa shape index (κ2) is 13.7. The van der Waals surface area contributed by atoms with Crippen LogP contribution in [0.15, 0.2) is 0 Å². The Bertz CT molecular complexity index is 1220. The van der Waals surface area contributed by atoms with Crippen LogP contribution in [0.5, 0.6) is 0 Å². The molecule has 0 aromatic heterocycles. The van der Waals surface area contributed by atoms with E-state index in [1.54, 1.807) is 0 Å². The standard InChI is InChI=1S/C30H54N6O7S/c1-12-13-14-19(22(37)25(39)31-15-16-44(42,43)35(10)11)32-24(38)21-20-18(30(20,8)9)17-36(21)26(40)23(28(2,3)4)33-27(41)34-29(5,6)7/h18-21,23H,12-17H2,1-11H3,(H,31,39)(H,32,38)(H2,33,34,41)/t18-,19?,20-,21-,23+/m0/s1. The SMILES string of the molecule is CCCCC(NC(=O)[C@@H]1[C@@H]2[C@H](CN1C(=O)[C@@H](NC(=O)NC(C)(C)C)C(C)(C)C)C2(C)C)C(=O)C(=O)NCCS(=O)(=O)N(C)C. The zero-order chi connectivity index (χ0) is 34.0. The van der Waals surface area contributed by atoms with Crippen LogP contribution in [0.25, 0.3) is 0 Å². The summed E-state index contributed by atoms with van der Waals surface area (Å²) in [6.45, 7) is 17.1. The van der Waals surface area contributed by atoms with E-state index in [1.165, 1.54) is 19.0 Å². The van der Waals surface area contributed by atoms with E-state index in [0.29, 0.717) is 19.4 Å². The molecule has 4 N–H and O–H groups in total. The Labute approximate surface area is 263 Å². The quantitative estimate of drug-likeness (QED) is 0.219. The molecule has 1 saturated carbocycles. The van der Waals surface area contributed by atoms with Crippen LogP contribution in [-0.2, 0) is 29.2 Å². The summed E-state index contributed by atoms with van der Waals surface area (Å²) in [4.78, 5) is 68.2. The first-order valence-electron chi connectivity index (χ1n) is 15.4. The average molecular weight is 643 g/mol. The Balaban J connectivity index is 2.27. The number of amides is 5. The van der Waals surface area contributed by atoms with Crippen molar-refractivity contribution in [3.63, 3.8) is 0 Å². The third kappa shape index (κ3) is 9.15. The van der Waals surface area contributed by atoms with Gasteiger partial charge >= 0.3 is 6.03 Å². The molecule has 1 aliphatic heterocycles. The molecule has 1 unspecified atom stereocenters. The summed E-state index contributed by atoms with van der Waals surface area (Å²) in [5, 5.41) is 10.7. The van der Waals surface area contributed by atoms with E-state index in [1.807, 2.05) is 62.3 Å². The van der Waals surface area contributed by atoms with Crippen molar-refractivity contribution in [2.24, 2.45) is 22.7 Å². The fraction of sp³-hybridized carbons (Fsp3) is 0.833. The zero-order valence-corrected chi connectivity index (χ0v) is 29.1. The van der Waals surface area contributed by atoms with Crippen molar-refractivity contribution >= 4 is 39.6 Å². The largest absolute Gasteiger partial charge is 0.348 e. The Kier molecular flexibility index (Phi) is 11.7. The molecule has 0 aromatic rings. The number of hydrogen-bond acceptors (Lipinski definition) is 7. The van der Waals surface area contributed by atoms with Crippen molar-refractivity contribution in [1.82, 2.24) is 30.5 Å². The lowest BCUT2D eigenvalue weighted by molar-refractivity contribution is -0.145. The summed E-state index contributed by atoms with van der Waals surface area (Å²) in [5.74, 6) is -3.23. The molecule has 5 amide bonds. The number of carbonyl (C=O) groups excluding carboxylic acids is 5. The molecule has 1 saturated heterocycles. The number of urea groups is 1. The van der Waals surface area contributed by atoms with Crippen molar-refractivity contribution in [3.8, 4) is 0 Å². The number of rotatable bonds is 13. The Morgan fingerprint density at radius 1 is 1.00 bits per heavy atom. The number of fused-ring (bicyclic) bond motifs is 1. The molecule has 252 valence electrons. The van der Waals surface area contributed by atoms with Crippen LogP contribution in [0.1, 0.15) is 81.6 Å². The molecule has 1 aliphatic carbocycles. The van der Waals surface area contributed by atoms with Crippen LogP contribution in [0.2, 0.25) is 0 Å². The van der Waals surface area contributed by atoms with Gasteiger partial charge in [-0.2, -0.15) is 0 Å². The minimum Gasteiger partial charge on any atom is -0.348 e. The first kappa shape index (κ1) is 37.4. The summed E-state index contributed by atoms with van der Waals surface area (Å²) >= 11 is 0. The maximum Gasteiger partial charge on any atom is 0.315 e. The molecule has 2 rings (SSSR count). The van der Waals surface area contributed by atoms with E-state index in [9.17, 15) is 32.4 Å². The first-order valence-corrected chi connectivity index (χ1v) is 17.0. The number of piperidine rings is 1. The molecular weight excluding hydrogens is 588 g/mol. The lowest BCUT2D eigenvalue weighted by Gasteiger charge is -2.38. The van der Waals surface area contributed by atoms with E-state index >= 15 is 0 Å². The van der Waals surface area contributed by atoms with Gasteiger partial charge in [0.25, 0.3) is 5.91 Å². The van der Waals surface area contributed by atoms with E-state index < -0.39 is 62.7 Å². The van der Waals surface area contributed by atoms with Crippen molar-refractivity contribution in [3.05, 3.63) is 0 Å². The van der Waals surface area contributed by atoms with E-state index in [0.717, 1.165) is 4.31 Å². The van der Waals surface area contributed by atoms with Crippen molar-refractivity contribution < 1.29 is 32.4 Å². The topological polar surface area (TPSA) is 174 Å². The van der Waals surface area contributed by atoms with Gasteiger partial charge in [-0.1, -0.05) is 54.4 Å². The van der Waals surface area contributed by atoms with Crippen LogP contribution >= 0.6 is 0 Å². The summed E-state index contributed by atoms with van der Waals surface area (Å²) < 4.78 is 25.1. The predicted molar refractivity (Wildman–Crippen MR) is 168 cm³/mol. The highest BCUT2D eigenvalue weighted by atomic mass is 32.2. The van der Waals surface area contributed by atoms with Gasteiger partial charge in [0, 0.05) is 32.7 Å². The van der Waals surface area contributed by atoms with E-state index in [2.05, 4.69) is 21.3 Å². The Hall–Kier alpha value is -2.74. The lowest BCUT2D eigenvalue weighted by Crippen LogP contribution is -2.62. The fourth-order valence-corrected chi connectivity index (χ4v) is 6.52. The minimum absolute atomic E-state index is 0.0676. The fourth-order valence-electron chi connectivity index (χ4n) is 5.79. The molecule has 0 bridgehead atoms. The molecule has 2 fully saturated rings. The first-order chi connectivity index (χ1) is 20.0. The van der Waals surface area contributed by atoms with Gasteiger partial charge in [-0.3, -0.25) is 19.2 Å². The molecule has 14 heteroatoms. The summed E-state index contributed by atoms with van der Waals surface area (Å²) in [7, 11) is -0.822. The molecule has 1 heterocycles. The van der Waals surface area contributed by atoms with Crippen LogP contribution in [0, 0.1) is 22.7 Å². The Morgan fingerprint density at radius 2 is 1.59 bits per heavy atom. The number of nitrogens with zero attached hydrogens (tertiary/aromatic N) is 2. The van der Waals surface area contributed by atoms with Gasteiger partial charge < -0.3 is 26.2 Å². The summed E-state index contributed by atoms with van der Waals surface area (Å²) in [6.07, 6.45) is 1.48. The van der Waals surface area contributed by atoms with Gasteiger partial charge in [0.2, 0.25) is 27.6 Å². The monoisotopic (exact) mass is 642 g/mol. The molecule has 0 aromatic carbocycles. The summed E-state index contributed by atoms with van der Waals surface area (Å²) in [6, 6.07) is -3.45. The normalized spacial score (nSPS) is 22.5. The lowest BCUT2D eigenvalue weighted by atomic mass is 9.85.